The molecule has 0 bridgehead atoms. The van der Waals surface area contributed by atoms with E-state index in [1.165, 1.54) is 6.26 Å². The Hall–Kier alpha value is -3.87. The molecule has 7 nitrogen and oxygen atoms in total. The van der Waals surface area contributed by atoms with Crippen LogP contribution in [0.2, 0.25) is 0 Å². The summed E-state index contributed by atoms with van der Waals surface area (Å²) in [6.45, 7) is 3.67. The summed E-state index contributed by atoms with van der Waals surface area (Å²) < 4.78 is 16.6. The number of nitrogens with one attached hydrogen (secondary N) is 1. The highest BCUT2D eigenvalue weighted by molar-refractivity contribution is 5.94. The van der Waals surface area contributed by atoms with Gasteiger partial charge in [-0.25, -0.2) is 0 Å². The van der Waals surface area contributed by atoms with Crippen LogP contribution in [-0.4, -0.2) is 22.2 Å². The fourth-order valence-corrected chi connectivity index (χ4v) is 2.76. The Labute approximate surface area is 167 Å². The Balaban J connectivity index is 1.45. The zero-order chi connectivity index (χ0) is 20.2. The predicted molar refractivity (Wildman–Crippen MR) is 107 cm³/mol. The molecule has 2 aromatic heterocycles. The second-order valence-electron chi connectivity index (χ2n) is 6.54. The van der Waals surface area contributed by atoms with E-state index in [0.717, 1.165) is 5.56 Å². The molecule has 1 unspecified atom stereocenters. The second kappa shape index (κ2) is 8.02. The summed E-state index contributed by atoms with van der Waals surface area (Å²) in [5, 5.41) is 10.9. The van der Waals surface area contributed by atoms with Gasteiger partial charge < -0.3 is 18.9 Å². The summed E-state index contributed by atoms with van der Waals surface area (Å²) in [4.78, 5) is 12.5. The van der Waals surface area contributed by atoms with Gasteiger partial charge in [-0.2, -0.15) is 0 Å². The lowest BCUT2D eigenvalue weighted by Gasteiger charge is -2.15. The Kier molecular flexibility index (Phi) is 5.11. The first-order valence-corrected chi connectivity index (χ1v) is 9.10. The van der Waals surface area contributed by atoms with Crippen LogP contribution in [0.3, 0.4) is 0 Å². The van der Waals surface area contributed by atoms with E-state index in [2.05, 4.69) is 15.5 Å². The molecule has 7 heteroatoms. The predicted octanol–water partition coefficient (Wildman–Crippen LogP) is 4.71. The Morgan fingerprint density at radius 3 is 2.66 bits per heavy atom. The van der Waals surface area contributed by atoms with Gasteiger partial charge in [0.25, 0.3) is 11.8 Å². The fraction of sp³-hybridized carbons (Fsp3) is 0.136. The zero-order valence-electron chi connectivity index (χ0n) is 16.0. The number of ether oxygens (including phenoxy) is 1. The summed E-state index contributed by atoms with van der Waals surface area (Å²) in [5.74, 6) is 1.51. The molecule has 4 rings (SSSR count). The maximum atomic E-state index is 12.5. The van der Waals surface area contributed by atoms with Crippen LogP contribution in [-0.2, 0) is 4.79 Å². The molecule has 0 saturated heterocycles. The number of hydrogen-bond acceptors (Lipinski definition) is 6. The maximum absolute atomic E-state index is 12.5. The van der Waals surface area contributed by atoms with Crippen LogP contribution in [0.4, 0.5) is 5.69 Å². The van der Waals surface area contributed by atoms with Crippen molar-refractivity contribution in [1.29, 1.82) is 0 Å². The summed E-state index contributed by atoms with van der Waals surface area (Å²) in [7, 11) is 0. The summed E-state index contributed by atoms with van der Waals surface area (Å²) in [6, 6.07) is 18.2. The minimum atomic E-state index is -0.658. The molecule has 146 valence electrons. The highest BCUT2D eigenvalue weighted by atomic mass is 16.5. The summed E-state index contributed by atoms with van der Waals surface area (Å²) in [6.07, 6.45) is 0.879. The molecular formula is C22H19N3O4. The SMILES string of the molecule is Cc1cccc(OC(C)C(=O)Nc2cccc(-c3nnc(-c4ccco4)o3)c2)c1. The number of hydrogen-bond donors (Lipinski definition) is 1. The van der Waals surface area contributed by atoms with Crippen molar-refractivity contribution in [2.45, 2.75) is 20.0 Å². The minimum Gasteiger partial charge on any atom is -0.481 e. The third kappa shape index (κ3) is 4.35. The van der Waals surface area contributed by atoms with E-state index in [9.17, 15) is 4.79 Å². The first-order valence-electron chi connectivity index (χ1n) is 9.10. The van der Waals surface area contributed by atoms with Crippen LogP contribution in [0.5, 0.6) is 5.75 Å². The molecule has 0 aliphatic carbocycles. The fourth-order valence-electron chi connectivity index (χ4n) is 2.76. The topological polar surface area (TPSA) is 90.4 Å². The Morgan fingerprint density at radius 2 is 1.86 bits per heavy atom. The number of carbonyl (C=O) groups is 1. The van der Waals surface area contributed by atoms with Crippen molar-refractivity contribution < 1.29 is 18.4 Å². The molecule has 0 saturated carbocycles. The quantitative estimate of drug-likeness (QED) is 0.513. The lowest BCUT2D eigenvalue weighted by atomic mass is 10.2. The van der Waals surface area contributed by atoms with Crippen molar-refractivity contribution in [1.82, 2.24) is 10.2 Å². The number of amides is 1. The van der Waals surface area contributed by atoms with Gasteiger partial charge in [-0.3, -0.25) is 4.79 Å². The van der Waals surface area contributed by atoms with Gasteiger partial charge in [0.05, 0.1) is 6.26 Å². The molecule has 0 radical (unpaired) electrons. The molecule has 0 aliphatic rings. The van der Waals surface area contributed by atoms with Crippen molar-refractivity contribution in [3.05, 3.63) is 72.5 Å². The molecule has 2 aromatic carbocycles. The normalized spacial score (nSPS) is 11.8. The van der Waals surface area contributed by atoms with Crippen LogP contribution in [0, 0.1) is 6.92 Å². The van der Waals surface area contributed by atoms with Crippen LogP contribution >= 0.6 is 0 Å². The number of aromatic nitrogens is 2. The molecule has 29 heavy (non-hydrogen) atoms. The van der Waals surface area contributed by atoms with E-state index in [1.807, 2.05) is 37.3 Å². The van der Waals surface area contributed by atoms with E-state index < -0.39 is 6.10 Å². The van der Waals surface area contributed by atoms with E-state index in [4.69, 9.17) is 13.6 Å². The summed E-state index contributed by atoms with van der Waals surface area (Å²) >= 11 is 0. The van der Waals surface area contributed by atoms with Crippen LogP contribution in [0.25, 0.3) is 23.1 Å². The lowest BCUT2D eigenvalue weighted by Crippen LogP contribution is -2.30. The van der Waals surface area contributed by atoms with Crippen molar-refractivity contribution in [2.75, 3.05) is 5.32 Å². The van der Waals surface area contributed by atoms with E-state index in [0.29, 0.717) is 34.5 Å². The van der Waals surface area contributed by atoms with Crippen LogP contribution < -0.4 is 10.1 Å². The number of nitrogens with zero attached hydrogens (tertiary/aromatic N) is 2. The van der Waals surface area contributed by atoms with Gasteiger partial charge in [0.2, 0.25) is 5.89 Å². The second-order valence-corrected chi connectivity index (χ2v) is 6.54. The molecule has 0 spiro atoms. The van der Waals surface area contributed by atoms with Gasteiger partial charge in [0.15, 0.2) is 11.9 Å². The molecule has 1 atom stereocenters. The standard InChI is InChI=1S/C22H19N3O4/c1-14-6-3-9-18(12-14)28-15(2)20(26)23-17-8-4-7-16(13-17)21-24-25-22(29-21)19-10-5-11-27-19/h3-13,15H,1-2H3,(H,23,26). The molecule has 1 amide bonds. The first-order chi connectivity index (χ1) is 14.1. The minimum absolute atomic E-state index is 0.259. The third-order valence-corrected chi connectivity index (χ3v) is 4.21. The smallest absolute Gasteiger partial charge is 0.283 e. The van der Waals surface area contributed by atoms with Crippen LogP contribution in [0.1, 0.15) is 12.5 Å². The molecule has 1 N–H and O–H groups in total. The zero-order valence-corrected chi connectivity index (χ0v) is 16.0. The van der Waals surface area contributed by atoms with E-state index in [-0.39, 0.29) is 5.91 Å². The van der Waals surface area contributed by atoms with Crippen molar-refractivity contribution >= 4 is 11.6 Å². The number of rotatable bonds is 6. The van der Waals surface area contributed by atoms with E-state index >= 15 is 0 Å². The molecule has 2 heterocycles. The number of anilines is 1. The highest BCUT2D eigenvalue weighted by Gasteiger charge is 2.17. The number of benzene rings is 2. The monoisotopic (exact) mass is 389 g/mol. The van der Waals surface area contributed by atoms with Gasteiger partial charge in [-0.15, -0.1) is 10.2 Å². The van der Waals surface area contributed by atoms with Gasteiger partial charge in [0.1, 0.15) is 5.75 Å². The summed E-state index contributed by atoms with van der Waals surface area (Å²) in [5.41, 5.74) is 2.35. The number of furan rings is 1. The van der Waals surface area contributed by atoms with Crippen molar-refractivity contribution in [2.24, 2.45) is 0 Å². The molecule has 4 aromatic rings. The van der Waals surface area contributed by atoms with Crippen LogP contribution in [0.15, 0.2) is 75.8 Å². The van der Waals surface area contributed by atoms with Gasteiger partial charge in [-0.05, 0) is 61.9 Å². The molecule has 0 fully saturated rings. The van der Waals surface area contributed by atoms with Crippen molar-refractivity contribution in [3.8, 4) is 28.9 Å². The average Bonchev–Trinajstić information content (AvgIpc) is 3.40. The Morgan fingerprint density at radius 1 is 1.03 bits per heavy atom. The van der Waals surface area contributed by atoms with Gasteiger partial charge in [0, 0.05) is 11.3 Å². The van der Waals surface area contributed by atoms with Gasteiger partial charge >= 0.3 is 0 Å². The van der Waals surface area contributed by atoms with E-state index in [1.54, 1.807) is 37.3 Å². The Bertz CT molecular complexity index is 1120. The number of carbonyl (C=O) groups excluding carboxylic acids is 1. The largest absolute Gasteiger partial charge is 0.481 e. The highest BCUT2D eigenvalue weighted by Crippen LogP contribution is 2.26. The third-order valence-electron chi connectivity index (χ3n) is 4.21. The first kappa shape index (κ1) is 18.5. The maximum Gasteiger partial charge on any atom is 0.283 e. The average molecular weight is 389 g/mol. The lowest BCUT2D eigenvalue weighted by molar-refractivity contribution is -0.122. The van der Waals surface area contributed by atoms with Gasteiger partial charge in [-0.1, -0.05) is 18.2 Å². The number of aryl methyl sites for hydroxylation is 1. The van der Waals surface area contributed by atoms with Crippen molar-refractivity contribution in [3.63, 3.8) is 0 Å². The molecular weight excluding hydrogens is 370 g/mol. The molecule has 0 aliphatic heterocycles.